The third kappa shape index (κ3) is 6.43. The molecule has 4 nitrogen and oxygen atoms in total. The van der Waals surface area contributed by atoms with Gasteiger partial charge in [0.15, 0.2) is 0 Å². The van der Waals surface area contributed by atoms with Crippen LogP contribution >= 0.6 is 0 Å². The lowest BCUT2D eigenvalue weighted by molar-refractivity contribution is -0.125. The van der Waals surface area contributed by atoms with Crippen LogP contribution in [0.5, 0.6) is 0 Å². The number of rotatable bonds is 4. The van der Waals surface area contributed by atoms with E-state index in [0.29, 0.717) is 6.42 Å². The molecular weight excluding hydrogens is 204 g/mol. The first-order valence-electron chi connectivity index (χ1n) is 5.68. The van der Waals surface area contributed by atoms with Crippen molar-refractivity contribution in [2.24, 2.45) is 0 Å². The average Bonchev–Trinajstić information content (AvgIpc) is 1.98. The van der Waals surface area contributed by atoms with Crippen LogP contribution in [0.2, 0.25) is 0 Å². The molecular formula is C12H24N2O2. The molecule has 0 aliphatic heterocycles. The van der Waals surface area contributed by atoms with Crippen molar-refractivity contribution >= 4 is 11.8 Å². The maximum absolute atomic E-state index is 11.8. The maximum Gasteiger partial charge on any atom is 0.222 e. The van der Waals surface area contributed by atoms with Gasteiger partial charge in [-0.2, -0.15) is 0 Å². The maximum atomic E-state index is 11.8. The number of hydrogen-bond acceptors (Lipinski definition) is 2. The van der Waals surface area contributed by atoms with Crippen LogP contribution in [0.25, 0.3) is 0 Å². The van der Waals surface area contributed by atoms with Gasteiger partial charge in [-0.05, 0) is 34.1 Å². The van der Waals surface area contributed by atoms with E-state index < -0.39 is 5.54 Å². The summed E-state index contributed by atoms with van der Waals surface area (Å²) in [6, 6.07) is 0. The third-order valence-electron chi connectivity index (χ3n) is 2.32. The minimum Gasteiger partial charge on any atom is -0.351 e. The molecule has 0 saturated heterocycles. The highest BCUT2D eigenvalue weighted by Crippen LogP contribution is 2.15. The molecule has 0 aliphatic rings. The van der Waals surface area contributed by atoms with E-state index in [1.807, 2.05) is 34.6 Å². The number of carbonyl (C=O) groups is 2. The van der Waals surface area contributed by atoms with Crippen molar-refractivity contribution in [3.05, 3.63) is 0 Å². The van der Waals surface area contributed by atoms with E-state index in [4.69, 9.17) is 0 Å². The van der Waals surface area contributed by atoms with Gasteiger partial charge in [0.25, 0.3) is 0 Å². The minimum absolute atomic E-state index is 0.0365. The molecule has 0 saturated carbocycles. The fraction of sp³-hybridized carbons (Fsp3) is 0.833. The molecule has 0 fully saturated rings. The quantitative estimate of drug-likeness (QED) is 0.767. The molecule has 2 N–H and O–H groups in total. The van der Waals surface area contributed by atoms with Crippen LogP contribution in [-0.2, 0) is 9.59 Å². The van der Waals surface area contributed by atoms with Crippen LogP contribution in [0, 0.1) is 0 Å². The van der Waals surface area contributed by atoms with Gasteiger partial charge >= 0.3 is 0 Å². The van der Waals surface area contributed by atoms with Crippen LogP contribution in [-0.4, -0.2) is 22.9 Å². The van der Waals surface area contributed by atoms with Crippen LogP contribution < -0.4 is 10.6 Å². The summed E-state index contributed by atoms with van der Waals surface area (Å²) in [4.78, 5) is 22.8. The van der Waals surface area contributed by atoms with Gasteiger partial charge in [0.2, 0.25) is 11.8 Å². The Balaban J connectivity index is 4.42. The van der Waals surface area contributed by atoms with Gasteiger partial charge in [0, 0.05) is 24.4 Å². The molecule has 4 heteroatoms. The molecule has 0 aliphatic carbocycles. The lowest BCUT2D eigenvalue weighted by Crippen LogP contribution is -2.50. The average molecular weight is 228 g/mol. The molecule has 0 heterocycles. The van der Waals surface area contributed by atoms with Crippen molar-refractivity contribution < 1.29 is 9.59 Å². The summed E-state index contributed by atoms with van der Waals surface area (Å²) < 4.78 is 0. The van der Waals surface area contributed by atoms with Gasteiger partial charge < -0.3 is 10.6 Å². The van der Waals surface area contributed by atoms with E-state index in [-0.39, 0.29) is 17.4 Å². The molecule has 0 aromatic heterocycles. The Morgan fingerprint density at radius 1 is 1.06 bits per heavy atom. The van der Waals surface area contributed by atoms with Gasteiger partial charge in [-0.1, -0.05) is 6.92 Å². The Labute approximate surface area is 98.2 Å². The highest BCUT2D eigenvalue weighted by molar-refractivity contribution is 5.80. The molecule has 1 unspecified atom stereocenters. The lowest BCUT2D eigenvalue weighted by atomic mass is 9.93. The molecule has 2 amide bonds. The van der Waals surface area contributed by atoms with Gasteiger partial charge in [0.1, 0.15) is 0 Å². The molecule has 0 aromatic rings. The zero-order valence-electron chi connectivity index (χ0n) is 11.2. The van der Waals surface area contributed by atoms with E-state index in [1.54, 1.807) is 0 Å². The van der Waals surface area contributed by atoms with Crippen molar-refractivity contribution in [3.8, 4) is 0 Å². The number of amides is 2. The van der Waals surface area contributed by atoms with E-state index in [0.717, 1.165) is 6.42 Å². The fourth-order valence-corrected chi connectivity index (χ4v) is 1.50. The van der Waals surface area contributed by atoms with E-state index in [1.165, 1.54) is 6.92 Å². The zero-order chi connectivity index (χ0) is 13.0. The topological polar surface area (TPSA) is 58.2 Å². The second-order valence-corrected chi connectivity index (χ2v) is 5.57. The molecule has 0 aromatic carbocycles. The van der Waals surface area contributed by atoms with Gasteiger partial charge in [0.05, 0.1) is 0 Å². The van der Waals surface area contributed by atoms with E-state index in [2.05, 4.69) is 10.6 Å². The van der Waals surface area contributed by atoms with Crippen molar-refractivity contribution in [1.82, 2.24) is 10.6 Å². The summed E-state index contributed by atoms with van der Waals surface area (Å²) in [6.45, 7) is 11.1. The number of hydrogen-bond donors (Lipinski definition) is 2. The highest BCUT2D eigenvalue weighted by Gasteiger charge is 2.27. The predicted octanol–water partition coefficient (Wildman–Crippen LogP) is 1.60. The summed E-state index contributed by atoms with van der Waals surface area (Å²) >= 11 is 0. The summed E-state index contributed by atoms with van der Waals surface area (Å²) in [5, 5.41) is 5.71. The second kappa shape index (κ2) is 5.32. The zero-order valence-corrected chi connectivity index (χ0v) is 11.2. The SMILES string of the molecule is CCC(C)(CC(=O)NC(C)(C)C)NC(C)=O. The monoisotopic (exact) mass is 228 g/mol. The molecule has 1 atom stereocenters. The smallest absolute Gasteiger partial charge is 0.222 e. The summed E-state index contributed by atoms with van der Waals surface area (Å²) in [5.74, 6) is -0.140. The second-order valence-electron chi connectivity index (χ2n) is 5.57. The molecule has 16 heavy (non-hydrogen) atoms. The van der Waals surface area contributed by atoms with Crippen molar-refractivity contribution in [1.29, 1.82) is 0 Å². The highest BCUT2D eigenvalue weighted by atomic mass is 16.2. The van der Waals surface area contributed by atoms with Crippen LogP contribution in [0.15, 0.2) is 0 Å². The van der Waals surface area contributed by atoms with Crippen molar-refractivity contribution in [2.75, 3.05) is 0 Å². The third-order valence-corrected chi connectivity index (χ3v) is 2.32. The molecule has 0 spiro atoms. The standard InChI is InChI=1S/C12H24N2O2/c1-7-12(6,13-9(2)15)8-10(16)14-11(3,4)5/h7-8H2,1-6H3,(H,13,15)(H,14,16). The normalized spacial score (nSPS) is 15.1. The van der Waals surface area contributed by atoms with Crippen LogP contribution in [0.1, 0.15) is 54.4 Å². The van der Waals surface area contributed by atoms with Crippen molar-refractivity contribution in [2.45, 2.75) is 65.5 Å². The summed E-state index contributed by atoms with van der Waals surface area (Å²) in [5.41, 5.74) is -0.691. The van der Waals surface area contributed by atoms with Crippen molar-refractivity contribution in [3.63, 3.8) is 0 Å². The first kappa shape index (κ1) is 14.9. The van der Waals surface area contributed by atoms with Crippen LogP contribution in [0.4, 0.5) is 0 Å². The predicted molar refractivity (Wildman–Crippen MR) is 65.0 cm³/mol. The van der Waals surface area contributed by atoms with Gasteiger partial charge in [-0.25, -0.2) is 0 Å². The lowest BCUT2D eigenvalue weighted by Gasteiger charge is -2.30. The minimum atomic E-state index is -0.457. The fourth-order valence-electron chi connectivity index (χ4n) is 1.50. The Morgan fingerprint density at radius 3 is 1.88 bits per heavy atom. The first-order valence-corrected chi connectivity index (χ1v) is 5.68. The van der Waals surface area contributed by atoms with Crippen LogP contribution in [0.3, 0.4) is 0 Å². The molecule has 0 bridgehead atoms. The Morgan fingerprint density at radius 2 is 1.56 bits per heavy atom. The number of nitrogens with one attached hydrogen (secondary N) is 2. The first-order chi connectivity index (χ1) is 7.08. The summed E-state index contributed by atoms with van der Waals surface area (Å²) in [6.07, 6.45) is 1.03. The van der Waals surface area contributed by atoms with E-state index in [9.17, 15) is 9.59 Å². The van der Waals surface area contributed by atoms with E-state index >= 15 is 0 Å². The Kier molecular flexibility index (Phi) is 4.97. The largest absolute Gasteiger partial charge is 0.351 e. The Bertz CT molecular complexity index is 269. The molecule has 0 radical (unpaired) electrons. The van der Waals surface area contributed by atoms with Gasteiger partial charge in [-0.3, -0.25) is 9.59 Å². The Hall–Kier alpha value is -1.06. The summed E-state index contributed by atoms with van der Waals surface area (Å²) in [7, 11) is 0. The van der Waals surface area contributed by atoms with Gasteiger partial charge in [-0.15, -0.1) is 0 Å². The molecule has 94 valence electrons. The number of carbonyl (C=O) groups excluding carboxylic acids is 2. The molecule has 0 rings (SSSR count).